The van der Waals surface area contributed by atoms with Crippen LogP contribution < -0.4 is 5.73 Å². The summed E-state index contributed by atoms with van der Waals surface area (Å²) in [4.78, 5) is 2.13. The largest absolute Gasteiger partial charge is 0.396 e. The zero-order chi connectivity index (χ0) is 8.72. The van der Waals surface area contributed by atoms with Gasteiger partial charge in [-0.2, -0.15) is 0 Å². The van der Waals surface area contributed by atoms with E-state index in [0.29, 0.717) is 0 Å². The van der Waals surface area contributed by atoms with Crippen LogP contribution in [0.5, 0.6) is 0 Å². The molecular weight excluding hydrogens is 155 g/mol. The van der Waals surface area contributed by atoms with E-state index in [2.05, 4.69) is 4.90 Å². The summed E-state index contributed by atoms with van der Waals surface area (Å²) < 4.78 is 13.0. The first-order valence-corrected chi connectivity index (χ1v) is 3.92. The Bertz CT molecular complexity index is 292. The normalized spacial score (nSPS) is 16.5. The number of hydrogen-bond acceptors (Lipinski definition) is 2. The molecule has 64 valence electrons. The molecular formula is C9H11FN2. The lowest BCUT2D eigenvalue weighted by Gasteiger charge is -2.02. The zero-order valence-electron chi connectivity index (χ0n) is 6.97. The van der Waals surface area contributed by atoms with Crippen molar-refractivity contribution in [2.24, 2.45) is 0 Å². The molecule has 0 radical (unpaired) electrons. The first-order chi connectivity index (χ1) is 5.66. The number of anilines is 1. The number of nitrogens with zero attached hydrogens (tertiary/aromatic N) is 1. The molecule has 0 atom stereocenters. The van der Waals surface area contributed by atoms with Crippen molar-refractivity contribution in [1.29, 1.82) is 0 Å². The second-order valence-electron chi connectivity index (χ2n) is 3.31. The van der Waals surface area contributed by atoms with E-state index in [1.165, 1.54) is 6.07 Å². The van der Waals surface area contributed by atoms with Crippen LogP contribution in [0.4, 0.5) is 10.1 Å². The minimum atomic E-state index is -0.302. The molecule has 0 aliphatic carbocycles. The quantitative estimate of drug-likeness (QED) is 0.589. The summed E-state index contributed by atoms with van der Waals surface area (Å²) in [7, 11) is 2.01. The predicted octanol–water partition coefficient (Wildman–Crippen LogP) is 1.35. The molecule has 3 heteroatoms. The van der Waals surface area contributed by atoms with Crippen molar-refractivity contribution >= 4 is 5.69 Å². The molecule has 1 heterocycles. The van der Waals surface area contributed by atoms with Gasteiger partial charge in [-0.25, -0.2) is 4.39 Å². The van der Waals surface area contributed by atoms with Crippen molar-refractivity contribution in [3.63, 3.8) is 0 Å². The van der Waals surface area contributed by atoms with E-state index in [-0.39, 0.29) is 11.5 Å². The summed E-state index contributed by atoms with van der Waals surface area (Å²) >= 11 is 0. The molecule has 0 fully saturated rings. The highest BCUT2D eigenvalue weighted by molar-refractivity contribution is 5.47. The van der Waals surface area contributed by atoms with Gasteiger partial charge in [0, 0.05) is 13.1 Å². The van der Waals surface area contributed by atoms with E-state index in [9.17, 15) is 4.39 Å². The van der Waals surface area contributed by atoms with Gasteiger partial charge < -0.3 is 5.73 Å². The van der Waals surface area contributed by atoms with Gasteiger partial charge in [-0.15, -0.1) is 0 Å². The summed E-state index contributed by atoms with van der Waals surface area (Å²) in [5.74, 6) is -0.302. The minimum absolute atomic E-state index is 0.254. The van der Waals surface area contributed by atoms with Gasteiger partial charge in [0.2, 0.25) is 0 Å². The van der Waals surface area contributed by atoms with Crippen LogP contribution in [0, 0.1) is 5.82 Å². The summed E-state index contributed by atoms with van der Waals surface area (Å²) in [6, 6.07) is 3.27. The maximum Gasteiger partial charge on any atom is 0.146 e. The fraction of sp³-hybridized carbons (Fsp3) is 0.333. The molecule has 2 N–H and O–H groups in total. The van der Waals surface area contributed by atoms with Gasteiger partial charge >= 0.3 is 0 Å². The third-order valence-corrected chi connectivity index (χ3v) is 2.20. The summed E-state index contributed by atoms with van der Waals surface area (Å²) in [6.45, 7) is 1.70. The standard InChI is InChI=1S/C9H11FN2/c1-12-4-6-2-8(10)9(11)3-7(6)5-12/h2-3H,4-5,11H2,1H3. The summed E-state index contributed by atoms with van der Waals surface area (Å²) in [5.41, 5.74) is 7.91. The molecule has 2 nitrogen and oxygen atoms in total. The number of rotatable bonds is 0. The third-order valence-electron chi connectivity index (χ3n) is 2.20. The molecule has 1 aromatic carbocycles. The lowest BCUT2D eigenvalue weighted by atomic mass is 10.1. The Hall–Kier alpha value is -1.09. The fourth-order valence-electron chi connectivity index (χ4n) is 1.61. The van der Waals surface area contributed by atoms with Gasteiger partial charge in [-0.1, -0.05) is 0 Å². The number of halogens is 1. The van der Waals surface area contributed by atoms with Crippen molar-refractivity contribution in [3.05, 3.63) is 29.1 Å². The van der Waals surface area contributed by atoms with Crippen LogP contribution in [-0.4, -0.2) is 11.9 Å². The Balaban J connectivity index is 2.48. The van der Waals surface area contributed by atoms with Crippen LogP contribution in [0.25, 0.3) is 0 Å². The van der Waals surface area contributed by atoms with E-state index in [1.54, 1.807) is 6.07 Å². The molecule has 0 saturated carbocycles. The van der Waals surface area contributed by atoms with Crippen LogP contribution in [0.3, 0.4) is 0 Å². The van der Waals surface area contributed by atoms with Gasteiger partial charge in [0.05, 0.1) is 5.69 Å². The Kier molecular flexibility index (Phi) is 1.54. The predicted molar refractivity (Wildman–Crippen MR) is 46.0 cm³/mol. The van der Waals surface area contributed by atoms with Crippen LogP contribution in [0.2, 0.25) is 0 Å². The Morgan fingerprint density at radius 1 is 1.33 bits per heavy atom. The van der Waals surface area contributed by atoms with Crippen molar-refractivity contribution < 1.29 is 4.39 Å². The fourth-order valence-corrected chi connectivity index (χ4v) is 1.61. The molecule has 2 rings (SSSR count). The SMILES string of the molecule is CN1Cc2cc(N)c(F)cc2C1. The van der Waals surface area contributed by atoms with Crippen LogP contribution in [-0.2, 0) is 13.1 Å². The highest BCUT2D eigenvalue weighted by Gasteiger charge is 2.16. The average molecular weight is 166 g/mol. The first kappa shape index (κ1) is 7.55. The Morgan fingerprint density at radius 2 is 1.92 bits per heavy atom. The molecule has 1 aromatic rings. The molecule has 0 bridgehead atoms. The third kappa shape index (κ3) is 1.06. The monoisotopic (exact) mass is 166 g/mol. The van der Waals surface area contributed by atoms with Gasteiger partial charge in [-0.05, 0) is 30.3 Å². The Morgan fingerprint density at radius 3 is 2.58 bits per heavy atom. The lowest BCUT2D eigenvalue weighted by molar-refractivity contribution is 0.353. The van der Waals surface area contributed by atoms with Gasteiger partial charge in [0.15, 0.2) is 0 Å². The summed E-state index contributed by atoms with van der Waals surface area (Å²) in [6.07, 6.45) is 0. The highest BCUT2D eigenvalue weighted by atomic mass is 19.1. The van der Waals surface area contributed by atoms with E-state index in [4.69, 9.17) is 5.73 Å². The molecule has 1 aliphatic heterocycles. The van der Waals surface area contributed by atoms with Crippen molar-refractivity contribution in [1.82, 2.24) is 4.90 Å². The molecule has 1 aliphatic rings. The molecule has 0 spiro atoms. The highest BCUT2D eigenvalue weighted by Crippen LogP contribution is 2.25. The molecule has 0 saturated heterocycles. The van der Waals surface area contributed by atoms with Gasteiger partial charge in [-0.3, -0.25) is 4.90 Å². The summed E-state index contributed by atoms with van der Waals surface area (Å²) in [5, 5.41) is 0. The minimum Gasteiger partial charge on any atom is -0.396 e. The van der Waals surface area contributed by atoms with Crippen molar-refractivity contribution in [2.75, 3.05) is 12.8 Å². The van der Waals surface area contributed by atoms with E-state index in [0.717, 1.165) is 24.2 Å². The smallest absolute Gasteiger partial charge is 0.146 e. The van der Waals surface area contributed by atoms with E-state index in [1.807, 2.05) is 7.05 Å². The van der Waals surface area contributed by atoms with Crippen molar-refractivity contribution in [2.45, 2.75) is 13.1 Å². The second kappa shape index (κ2) is 2.45. The number of fused-ring (bicyclic) bond motifs is 1. The maximum absolute atomic E-state index is 13.0. The van der Waals surface area contributed by atoms with E-state index < -0.39 is 0 Å². The number of nitrogen functional groups attached to an aromatic ring is 1. The van der Waals surface area contributed by atoms with Crippen molar-refractivity contribution in [3.8, 4) is 0 Å². The zero-order valence-corrected chi connectivity index (χ0v) is 6.97. The molecule has 0 unspecified atom stereocenters. The van der Waals surface area contributed by atoms with Gasteiger partial charge in [0.1, 0.15) is 5.82 Å². The Labute approximate surface area is 70.8 Å². The maximum atomic E-state index is 13.0. The van der Waals surface area contributed by atoms with Crippen LogP contribution in [0.15, 0.2) is 12.1 Å². The number of hydrogen-bond donors (Lipinski definition) is 1. The van der Waals surface area contributed by atoms with Crippen LogP contribution >= 0.6 is 0 Å². The van der Waals surface area contributed by atoms with Crippen LogP contribution in [0.1, 0.15) is 11.1 Å². The average Bonchev–Trinajstić information content (AvgIpc) is 2.30. The topological polar surface area (TPSA) is 29.3 Å². The van der Waals surface area contributed by atoms with Gasteiger partial charge in [0.25, 0.3) is 0 Å². The molecule has 0 aromatic heterocycles. The lowest BCUT2D eigenvalue weighted by Crippen LogP contribution is -2.07. The van der Waals surface area contributed by atoms with E-state index >= 15 is 0 Å². The number of nitrogens with two attached hydrogens (primary N) is 1. The second-order valence-corrected chi connectivity index (χ2v) is 3.31. The first-order valence-electron chi connectivity index (χ1n) is 3.92. The molecule has 0 amide bonds. The molecule has 12 heavy (non-hydrogen) atoms. The number of benzene rings is 1.